The lowest BCUT2D eigenvalue weighted by Crippen LogP contribution is -2.10. The number of aromatic nitrogens is 5. The zero-order valence-electron chi connectivity index (χ0n) is 7.84. The van der Waals surface area contributed by atoms with Gasteiger partial charge in [0.25, 0.3) is 0 Å². The maximum absolute atomic E-state index is 4.07. The van der Waals surface area contributed by atoms with Crippen molar-refractivity contribution >= 4 is 21.7 Å². The summed E-state index contributed by atoms with van der Waals surface area (Å²) in [4.78, 5) is 8.00. The van der Waals surface area contributed by atoms with Crippen LogP contribution in [0.15, 0.2) is 29.7 Å². The molecule has 2 rings (SSSR count). The van der Waals surface area contributed by atoms with Gasteiger partial charge in [-0.15, -0.1) is 10.2 Å². The first-order valence-electron chi connectivity index (χ1n) is 4.38. The van der Waals surface area contributed by atoms with Crippen LogP contribution < -0.4 is 5.32 Å². The molecule has 15 heavy (non-hydrogen) atoms. The van der Waals surface area contributed by atoms with Crippen LogP contribution in [0, 0.1) is 0 Å². The molecule has 0 atom stereocenters. The summed E-state index contributed by atoms with van der Waals surface area (Å²) in [6, 6.07) is 1.83. The van der Waals surface area contributed by atoms with E-state index in [1.165, 1.54) is 6.33 Å². The fourth-order valence-electron chi connectivity index (χ4n) is 1.08. The van der Waals surface area contributed by atoms with E-state index < -0.39 is 0 Å². The zero-order chi connectivity index (χ0) is 10.5. The third-order valence-corrected chi connectivity index (χ3v) is 2.21. The maximum Gasteiger partial charge on any atom is 0.130 e. The number of hydrogen-bond donors (Lipinski definition) is 1. The molecule has 1 N–H and O–H groups in total. The lowest BCUT2D eigenvalue weighted by atomic mass is 10.5. The molecule has 78 valence electrons. The average molecular weight is 269 g/mol. The smallest absolute Gasteiger partial charge is 0.130 e. The van der Waals surface area contributed by atoms with E-state index in [2.05, 4.69) is 41.4 Å². The molecule has 7 heteroatoms. The highest BCUT2D eigenvalue weighted by molar-refractivity contribution is 9.10. The molecule has 2 aromatic heterocycles. The van der Waals surface area contributed by atoms with E-state index >= 15 is 0 Å². The van der Waals surface area contributed by atoms with Crippen LogP contribution in [0.2, 0.25) is 0 Å². The highest BCUT2D eigenvalue weighted by atomic mass is 79.9. The van der Waals surface area contributed by atoms with Gasteiger partial charge in [-0.05, 0) is 15.9 Å². The molecule has 0 aliphatic heterocycles. The second-order valence-electron chi connectivity index (χ2n) is 2.85. The van der Waals surface area contributed by atoms with Crippen LogP contribution in [0.4, 0.5) is 5.82 Å². The molecule has 0 aliphatic rings. The minimum Gasteiger partial charge on any atom is -0.368 e. The molecule has 0 aliphatic carbocycles. The van der Waals surface area contributed by atoms with E-state index in [-0.39, 0.29) is 0 Å². The summed E-state index contributed by atoms with van der Waals surface area (Å²) in [6.07, 6.45) is 4.86. The Labute approximate surface area is 94.9 Å². The van der Waals surface area contributed by atoms with E-state index in [1.54, 1.807) is 12.7 Å². The third-order valence-electron chi connectivity index (χ3n) is 1.78. The largest absolute Gasteiger partial charge is 0.368 e. The van der Waals surface area contributed by atoms with Gasteiger partial charge in [0, 0.05) is 19.2 Å². The Morgan fingerprint density at radius 2 is 2.07 bits per heavy atom. The second kappa shape index (κ2) is 4.83. The molecule has 0 bridgehead atoms. The molecule has 0 aromatic carbocycles. The molecule has 0 saturated heterocycles. The SMILES string of the molecule is Brc1cc(NCCn2cnnc2)ncn1. The zero-order valence-corrected chi connectivity index (χ0v) is 9.42. The van der Waals surface area contributed by atoms with E-state index in [4.69, 9.17) is 0 Å². The minimum atomic E-state index is 0.765. The van der Waals surface area contributed by atoms with Gasteiger partial charge in [0.15, 0.2) is 0 Å². The highest BCUT2D eigenvalue weighted by Gasteiger charge is 1.95. The Hall–Kier alpha value is -1.50. The monoisotopic (exact) mass is 268 g/mol. The fraction of sp³-hybridized carbons (Fsp3) is 0.250. The normalized spacial score (nSPS) is 10.2. The van der Waals surface area contributed by atoms with Crippen molar-refractivity contribution in [1.29, 1.82) is 0 Å². The van der Waals surface area contributed by atoms with E-state index in [1.807, 2.05) is 10.6 Å². The van der Waals surface area contributed by atoms with Gasteiger partial charge in [-0.2, -0.15) is 0 Å². The average Bonchev–Trinajstić information content (AvgIpc) is 2.71. The number of anilines is 1. The van der Waals surface area contributed by atoms with Crippen molar-refractivity contribution in [2.45, 2.75) is 6.54 Å². The van der Waals surface area contributed by atoms with Gasteiger partial charge in [-0.1, -0.05) is 0 Å². The van der Waals surface area contributed by atoms with Gasteiger partial charge >= 0.3 is 0 Å². The van der Waals surface area contributed by atoms with Crippen molar-refractivity contribution in [3.63, 3.8) is 0 Å². The first-order chi connectivity index (χ1) is 7.34. The summed E-state index contributed by atoms with van der Waals surface area (Å²) in [7, 11) is 0. The summed E-state index contributed by atoms with van der Waals surface area (Å²) in [5, 5.41) is 10.6. The van der Waals surface area contributed by atoms with Gasteiger partial charge < -0.3 is 9.88 Å². The van der Waals surface area contributed by atoms with E-state index in [0.717, 1.165) is 23.5 Å². The Kier molecular flexibility index (Phi) is 3.23. The van der Waals surface area contributed by atoms with Crippen LogP contribution in [0.1, 0.15) is 0 Å². The molecule has 2 heterocycles. The summed E-state index contributed by atoms with van der Waals surface area (Å²) >= 11 is 3.28. The number of nitrogens with one attached hydrogen (secondary N) is 1. The molecule has 0 unspecified atom stereocenters. The molecular formula is C8H9BrN6. The second-order valence-corrected chi connectivity index (χ2v) is 3.66. The maximum atomic E-state index is 4.07. The molecule has 0 radical (unpaired) electrons. The van der Waals surface area contributed by atoms with Gasteiger partial charge in [-0.3, -0.25) is 0 Å². The van der Waals surface area contributed by atoms with Gasteiger partial charge in [0.05, 0.1) is 0 Å². The summed E-state index contributed by atoms with van der Waals surface area (Å²) in [6.45, 7) is 1.57. The number of hydrogen-bond acceptors (Lipinski definition) is 5. The van der Waals surface area contributed by atoms with Gasteiger partial charge in [0.1, 0.15) is 29.4 Å². The Balaban J connectivity index is 1.83. The quantitative estimate of drug-likeness (QED) is 0.837. The minimum absolute atomic E-state index is 0.765. The van der Waals surface area contributed by atoms with Gasteiger partial charge in [0.2, 0.25) is 0 Å². The molecule has 0 spiro atoms. The Morgan fingerprint density at radius 1 is 1.27 bits per heavy atom. The van der Waals surface area contributed by atoms with Crippen LogP contribution in [-0.2, 0) is 6.54 Å². The highest BCUT2D eigenvalue weighted by Crippen LogP contribution is 2.08. The molecule has 0 fully saturated rings. The predicted molar refractivity (Wildman–Crippen MR) is 58.2 cm³/mol. The Bertz CT molecular complexity index is 415. The number of halogens is 1. The predicted octanol–water partition coefficient (Wildman–Crippen LogP) is 0.943. The topological polar surface area (TPSA) is 68.5 Å². The lowest BCUT2D eigenvalue weighted by Gasteiger charge is -2.04. The first kappa shape index (κ1) is 10.0. The molecular weight excluding hydrogens is 260 g/mol. The van der Waals surface area contributed by atoms with Crippen molar-refractivity contribution in [3.05, 3.63) is 29.7 Å². The van der Waals surface area contributed by atoms with Crippen molar-refractivity contribution in [2.24, 2.45) is 0 Å². The fourth-order valence-corrected chi connectivity index (χ4v) is 1.39. The van der Waals surface area contributed by atoms with Gasteiger partial charge in [-0.25, -0.2) is 9.97 Å². The molecule has 0 amide bonds. The Morgan fingerprint density at radius 3 is 2.80 bits per heavy atom. The van der Waals surface area contributed by atoms with Crippen LogP contribution in [-0.4, -0.2) is 31.3 Å². The third kappa shape index (κ3) is 2.98. The standard InChI is InChI=1S/C8H9BrN6/c9-7-3-8(12-4-11-7)10-1-2-15-5-13-14-6-15/h3-6H,1-2H2,(H,10,11,12). The van der Waals surface area contributed by atoms with Crippen LogP contribution in [0.25, 0.3) is 0 Å². The van der Waals surface area contributed by atoms with Crippen LogP contribution in [0.5, 0.6) is 0 Å². The van der Waals surface area contributed by atoms with E-state index in [9.17, 15) is 0 Å². The van der Waals surface area contributed by atoms with Crippen molar-refractivity contribution in [3.8, 4) is 0 Å². The van der Waals surface area contributed by atoms with Crippen molar-refractivity contribution < 1.29 is 0 Å². The summed E-state index contributed by atoms with van der Waals surface area (Å²) < 4.78 is 2.66. The van der Waals surface area contributed by atoms with Crippen molar-refractivity contribution in [2.75, 3.05) is 11.9 Å². The van der Waals surface area contributed by atoms with E-state index in [0.29, 0.717) is 0 Å². The first-order valence-corrected chi connectivity index (χ1v) is 5.18. The summed E-state index contributed by atoms with van der Waals surface area (Å²) in [5.41, 5.74) is 0. The molecule has 0 saturated carbocycles. The molecule has 6 nitrogen and oxygen atoms in total. The van der Waals surface area contributed by atoms with Crippen LogP contribution in [0.3, 0.4) is 0 Å². The van der Waals surface area contributed by atoms with Crippen LogP contribution >= 0.6 is 15.9 Å². The summed E-state index contributed by atoms with van der Waals surface area (Å²) in [5.74, 6) is 0.796. The number of nitrogens with zero attached hydrogens (tertiary/aromatic N) is 5. The van der Waals surface area contributed by atoms with Crippen molar-refractivity contribution in [1.82, 2.24) is 24.7 Å². The number of rotatable bonds is 4. The lowest BCUT2D eigenvalue weighted by molar-refractivity contribution is 0.722. The molecule has 2 aromatic rings.